The summed E-state index contributed by atoms with van der Waals surface area (Å²) in [6.07, 6.45) is 0. The minimum atomic E-state index is -6.00. The molecule has 0 N–H and O–H groups in total. The third-order valence-corrected chi connectivity index (χ3v) is 6.04. The van der Waals surface area contributed by atoms with E-state index in [0.29, 0.717) is 15.5 Å². The molecule has 31 heteroatoms. The molecular formula is C12H27B6F24P-6. The molecule has 0 amide bonds. The smallest absolute Gasteiger partial charge is 0.418 e. The van der Waals surface area contributed by atoms with Gasteiger partial charge in [0, 0.05) is 0 Å². The van der Waals surface area contributed by atoms with E-state index in [-0.39, 0.29) is 7.92 Å². The van der Waals surface area contributed by atoms with E-state index >= 15 is 0 Å². The van der Waals surface area contributed by atoms with Crippen LogP contribution in [0, 0.1) is 0 Å². The SMILES string of the molecule is CC(C)(C)P(C(C)(C)C)C(C)(C)C.F[B-](F)(F)F.F[B-](F)(F)F.F[B-](F)(F)F.F[B-](F)(F)F.F[B-](F)(F)F.F[B-](F)(F)F. The number of rotatable bonds is 0. The standard InChI is InChI=1S/C12H27P.6BF4/c1-10(2,3)13(11(4,5)6)12(7,8)9;6*2-1(3,4)5/h1-9H3;;;;;;/q;6*-1. The third kappa shape index (κ3) is 215. The first-order valence-electron chi connectivity index (χ1n) is 10.4. The normalized spacial score (nSPS) is 13.0. The maximum absolute atomic E-state index is 9.75. The van der Waals surface area contributed by atoms with Crippen molar-refractivity contribution in [2.24, 2.45) is 0 Å². The predicted molar refractivity (Wildman–Crippen MR) is 127 cm³/mol. The van der Waals surface area contributed by atoms with E-state index in [0.717, 1.165) is 0 Å². The van der Waals surface area contributed by atoms with Gasteiger partial charge in [-0.05, 0) is 15.5 Å². The molecule has 43 heavy (non-hydrogen) atoms. The van der Waals surface area contributed by atoms with Gasteiger partial charge in [0.25, 0.3) is 0 Å². The van der Waals surface area contributed by atoms with E-state index in [1.54, 1.807) is 0 Å². The van der Waals surface area contributed by atoms with Crippen molar-refractivity contribution in [3.8, 4) is 0 Å². The Hall–Kier alpha value is -0.860. The maximum atomic E-state index is 9.75. The van der Waals surface area contributed by atoms with E-state index in [2.05, 4.69) is 62.3 Å². The van der Waals surface area contributed by atoms with Crippen LogP contribution in [0.4, 0.5) is 104 Å². The molecule has 0 atom stereocenters. The van der Waals surface area contributed by atoms with Gasteiger partial charge in [-0.2, -0.15) is 0 Å². The second kappa shape index (κ2) is 21.0. The van der Waals surface area contributed by atoms with Crippen molar-refractivity contribution in [2.45, 2.75) is 77.8 Å². The Morgan fingerprint density at radius 2 is 0.279 bits per heavy atom. The lowest BCUT2D eigenvalue weighted by Crippen LogP contribution is -2.34. The summed E-state index contributed by atoms with van der Waals surface area (Å²) in [5.74, 6) is 0. The van der Waals surface area contributed by atoms with Crippen LogP contribution < -0.4 is 0 Å². The molecule has 0 radical (unpaired) electrons. The maximum Gasteiger partial charge on any atom is 0.673 e. The van der Waals surface area contributed by atoms with Crippen LogP contribution in [0.1, 0.15) is 62.3 Å². The lowest BCUT2D eigenvalue weighted by atomic mass is 10.2. The van der Waals surface area contributed by atoms with E-state index < -0.39 is 43.5 Å². The van der Waals surface area contributed by atoms with Gasteiger partial charge < -0.3 is 104 Å². The molecule has 0 aromatic heterocycles. The van der Waals surface area contributed by atoms with Crippen LogP contribution in [0.2, 0.25) is 0 Å². The van der Waals surface area contributed by atoms with Gasteiger partial charge in [-0.3, -0.25) is 0 Å². The number of halogens is 24. The molecule has 0 bridgehead atoms. The fourth-order valence-corrected chi connectivity index (χ4v) is 9.06. The summed E-state index contributed by atoms with van der Waals surface area (Å²) in [5, 5.41) is 1.35. The molecule has 0 fully saturated rings. The molecule has 272 valence electrons. The van der Waals surface area contributed by atoms with Gasteiger partial charge in [-0.25, -0.2) is 0 Å². The van der Waals surface area contributed by atoms with Gasteiger partial charge >= 0.3 is 43.5 Å². The molecule has 0 aliphatic rings. The molecular weight excluding hydrogens is 696 g/mol. The quantitative estimate of drug-likeness (QED) is 0.133. The minimum absolute atomic E-state index is 0.0162. The summed E-state index contributed by atoms with van der Waals surface area (Å²) in [6, 6.07) is 0. The highest BCUT2D eigenvalue weighted by molar-refractivity contribution is 7.62. The molecule has 0 aliphatic heterocycles. The zero-order valence-electron chi connectivity index (χ0n) is 23.5. The molecule has 0 aliphatic carbocycles. The van der Waals surface area contributed by atoms with Gasteiger partial charge in [0.05, 0.1) is 0 Å². The van der Waals surface area contributed by atoms with Crippen molar-refractivity contribution >= 4 is 51.4 Å². The van der Waals surface area contributed by atoms with Crippen molar-refractivity contribution < 1.29 is 104 Å². The van der Waals surface area contributed by atoms with Crippen LogP contribution >= 0.6 is 7.92 Å². The van der Waals surface area contributed by atoms with E-state index in [1.165, 1.54) is 0 Å². The van der Waals surface area contributed by atoms with Gasteiger partial charge in [0.2, 0.25) is 0 Å². The fraction of sp³-hybridized carbons (Fsp3) is 1.00. The largest absolute Gasteiger partial charge is 0.673 e. The highest BCUT2D eigenvalue weighted by Crippen LogP contribution is 2.66. The molecule has 0 saturated carbocycles. The summed E-state index contributed by atoms with van der Waals surface area (Å²) in [7, 11) is -36.0. The van der Waals surface area contributed by atoms with Crippen molar-refractivity contribution in [2.75, 3.05) is 0 Å². The van der Waals surface area contributed by atoms with Crippen molar-refractivity contribution in [3.05, 3.63) is 0 Å². The summed E-state index contributed by atoms with van der Waals surface area (Å²) < 4.78 is 234. The predicted octanol–water partition coefficient (Wildman–Crippen LogP) is 12.7. The first-order valence-corrected chi connectivity index (χ1v) is 11.7. The van der Waals surface area contributed by atoms with E-state index in [9.17, 15) is 104 Å². The molecule has 0 aromatic rings. The first-order chi connectivity index (χ1) is 17.4. The van der Waals surface area contributed by atoms with Crippen molar-refractivity contribution in [3.63, 3.8) is 0 Å². The molecule has 0 unspecified atom stereocenters. The lowest BCUT2D eigenvalue weighted by Gasteiger charge is -2.49. The molecule has 0 rings (SSSR count). The Morgan fingerprint density at radius 1 is 0.233 bits per heavy atom. The van der Waals surface area contributed by atoms with E-state index in [1.807, 2.05) is 0 Å². The summed E-state index contributed by atoms with van der Waals surface area (Å²) in [4.78, 5) is 0. The van der Waals surface area contributed by atoms with Crippen LogP contribution in [0.3, 0.4) is 0 Å². The first kappa shape index (κ1) is 57.8. The van der Waals surface area contributed by atoms with Crippen LogP contribution in [-0.4, -0.2) is 59.0 Å². The summed E-state index contributed by atoms with van der Waals surface area (Å²) in [5.41, 5.74) is 0. The molecule has 0 nitrogen and oxygen atoms in total. The molecule has 0 spiro atoms. The van der Waals surface area contributed by atoms with Crippen molar-refractivity contribution in [1.82, 2.24) is 0 Å². The lowest BCUT2D eigenvalue weighted by molar-refractivity contribution is 0.366. The Balaban J connectivity index is -0.0000000743. The summed E-state index contributed by atoms with van der Waals surface area (Å²) >= 11 is 0. The van der Waals surface area contributed by atoms with Gasteiger partial charge in [-0.15, -0.1) is 0 Å². The monoisotopic (exact) mass is 724 g/mol. The zero-order chi connectivity index (χ0) is 38.1. The fourth-order valence-electron chi connectivity index (χ4n) is 3.02. The minimum Gasteiger partial charge on any atom is -0.418 e. The van der Waals surface area contributed by atoms with Crippen LogP contribution in [0.25, 0.3) is 0 Å². The second-order valence-corrected chi connectivity index (χ2v) is 14.5. The second-order valence-electron chi connectivity index (χ2n) is 9.82. The van der Waals surface area contributed by atoms with Crippen molar-refractivity contribution in [1.29, 1.82) is 0 Å². The van der Waals surface area contributed by atoms with Crippen LogP contribution in [-0.2, 0) is 0 Å². The Kier molecular flexibility index (Phi) is 28.2. The number of hydrogen-bond donors (Lipinski definition) is 0. The topological polar surface area (TPSA) is 0 Å². The Morgan fingerprint density at radius 3 is 0.279 bits per heavy atom. The van der Waals surface area contributed by atoms with Crippen LogP contribution in [0.5, 0.6) is 0 Å². The van der Waals surface area contributed by atoms with Gasteiger partial charge in [0.1, 0.15) is 0 Å². The highest BCUT2D eigenvalue weighted by Gasteiger charge is 2.41. The van der Waals surface area contributed by atoms with E-state index in [4.69, 9.17) is 0 Å². The van der Waals surface area contributed by atoms with Crippen LogP contribution in [0.15, 0.2) is 0 Å². The Labute approximate surface area is 233 Å². The third-order valence-electron chi connectivity index (χ3n) is 2.01. The number of hydrogen-bond acceptors (Lipinski definition) is 0. The summed E-state index contributed by atoms with van der Waals surface area (Å²) in [6.45, 7) is 21.5. The highest BCUT2D eigenvalue weighted by atomic mass is 31.1. The average Bonchev–Trinajstić information content (AvgIpc) is 2.27. The van der Waals surface area contributed by atoms with Gasteiger partial charge in [-0.1, -0.05) is 70.2 Å². The average molecular weight is 723 g/mol. The Bertz CT molecular complexity index is 482. The molecule has 0 saturated heterocycles. The molecule has 0 aromatic carbocycles. The zero-order valence-corrected chi connectivity index (χ0v) is 24.4. The molecule has 0 heterocycles. The van der Waals surface area contributed by atoms with Gasteiger partial charge in [0.15, 0.2) is 0 Å².